The van der Waals surface area contributed by atoms with Crippen molar-refractivity contribution in [3.05, 3.63) is 29.3 Å². The molecule has 1 N–H and O–H groups in total. The highest BCUT2D eigenvalue weighted by Gasteiger charge is 2.32. The van der Waals surface area contributed by atoms with Crippen LogP contribution in [-0.2, 0) is 20.7 Å². The number of rotatable bonds is 4. The lowest BCUT2D eigenvalue weighted by Gasteiger charge is -2.27. The number of carbonyl (C=O) groups is 3. The number of hydrogen-bond acceptors (Lipinski definition) is 4. The molecule has 6 nitrogen and oxygen atoms in total. The molecule has 23 heavy (non-hydrogen) atoms. The van der Waals surface area contributed by atoms with Crippen LogP contribution in [0, 0.1) is 5.92 Å². The quantitative estimate of drug-likeness (QED) is 0.854. The van der Waals surface area contributed by atoms with Crippen molar-refractivity contribution in [3.63, 3.8) is 0 Å². The molecule has 0 saturated heterocycles. The van der Waals surface area contributed by atoms with Gasteiger partial charge < -0.3 is 15.0 Å². The van der Waals surface area contributed by atoms with E-state index in [2.05, 4.69) is 5.32 Å². The molecule has 0 aliphatic carbocycles. The fraction of sp³-hybridized carbons (Fsp3) is 0.471. The van der Waals surface area contributed by atoms with E-state index in [9.17, 15) is 14.4 Å². The molecular weight excluding hydrogens is 296 g/mol. The van der Waals surface area contributed by atoms with Crippen LogP contribution in [0.1, 0.15) is 36.7 Å². The maximum atomic E-state index is 12.8. The summed E-state index contributed by atoms with van der Waals surface area (Å²) in [6.07, 6.45) is 0.677. The first-order valence-electron chi connectivity index (χ1n) is 7.65. The third kappa shape index (κ3) is 3.52. The molecule has 2 amide bonds. The average Bonchev–Trinajstić information content (AvgIpc) is 2.93. The normalized spacial score (nSPS) is 14.4. The third-order valence-corrected chi connectivity index (χ3v) is 3.95. The molecule has 0 saturated carbocycles. The summed E-state index contributed by atoms with van der Waals surface area (Å²) < 4.78 is 4.72. The second-order valence-corrected chi connectivity index (χ2v) is 6.00. The Balaban J connectivity index is 2.26. The standard InChI is InChI=1S/C17H22N2O4/c1-10(2)15(18-11(3)20)16(21)19-8-7-12-9-13(17(22)23-4)5-6-14(12)19/h5-6,9-10,15H,7-8H2,1-4H3,(H,18,20). The monoisotopic (exact) mass is 318 g/mol. The Bertz CT molecular complexity index is 639. The van der Waals surface area contributed by atoms with Crippen LogP contribution in [-0.4, -0.2) is 37.5 Å². The number of carbonyl (C=O) groups excluding carboxylic acids is 3. The van der Waals surface area contributed by atoms with Crippen molar-refractivity contribution >= 4 is 23.5 Å². The van der Waals surface area contributed by atoms with Gasteiger partial charge in [-0.15, -0.1) is 0 Å². The molecule has 1 aliphatic rings. The van der Waals surface area contributed by atoms with Crippen LogP contribution in [0.4, 0.5) is 5.69 Å². The summed E-state index contributed by atoms with van der Waals surface area (Å²) in [6, 6.07) is 4.62. The van der Waals surface area contributed by atoms with E-state index in [-0.39, 0.29) is 17.7 Å². The van der Waals surface area contributed by atoms with Crippen molar-refractivity contribution in [2.75, 3.05) is 18.6 Å². The number of esters is 1. The highest BCUT2D eigenvalue weighted by atomic mass is 16.5. The number of anilines is 1. The predicted molar refractivity (Wildman–Crippen MR) is 86.3 cm³/mol. The molecule has 0 fully saturated rings. The second kappa shape index (κ2) is 6.81. The summed E-state index contributed by atoms with van der Waals surface area (Å²) >= 11 is 0. The second-order valence-electron chi connectivity index (χ2n) is 6.00. The van der Waals surface area contributed by atoms with Gasteiger partial charge in [0, 0.05) is 19.2 Å². The van der Waals surface area contributed by atoms with Crippen molar-refractivity contribution < 1.29 is 19.1 Å². The predicted octanol–water partition coefficient (Wildman–Crippen LogP) is 1.52. The summed E-state index contributed by atoms with van der Waals surface area (Å²) in [6.45, 7) is 5.75. The first-order valence-corrected chi connectivity index (χ1v) is 7.65. The number of ether oxygens (including phenoxy) is 1. The minimum absolute atomic E-state index is 0.00945. The number of methoxy groups -OCH3 is 1. The van der Waals surface area contributed by atoms with Crippen molar-refractivity contribution in [1.82, 2.24) is 5.32 Å². The lowest BCUT2D eigenvalue weighted by molar-refractivity contribution is -0.127. The first kappa shape index (κ1) is 17.0. The first-order chi connectivity index (χ1) is 10.8. The van der Waals surface area contributed by atoms with Crippen molar-refractivity contribution in [2.45, 2.75) is 33.2 Å². The summed E-state index contributed by atoms with van der Waals surface area (Å²) in [7, 11) is 1.34. The largest absolute Gasteiger partial charge is 0.465 e. The molecule has 0 aromatic heterocycles. The maximum Gasteiger partial charge on any atom is 0.337 e. The van der Waals surface area contributed by atoms with E-state index >= 15 is 0 Å². The molecule has 1 aliphatic heterocycles. The van der Waals surface area contributed by atoms with Gasteiger partial charge in [0.1, 0.15) is 6.04 Å². The van der Waals surface area contributed by atoms with E-state index in [1.165, 1.54) is 14.0 Å². The zero-order chi connectivity index (χ0) is 17.1. The number of hydrogen-bond donors (Lipinski definition) is 1. The number of fused-ring (bicyclic) bond motifs is 1. The van der Waals surface area contributed by atoms with E-state index in [0.717, 1.165) is 11.3 Å². The Hall–Kier alpha value is -2.37. The van der Waals surface area contributed by atoms with Crippen LogP contribution in [0.5, 0.6) is 0 Å². The zero-order valence-electron chi connectivity index (χ0n) is 13.9. The summed E-state index contributed by atoms with van der Waals surface area (Å²) in [5.41, 5.74) is 2.20. The van der Waals surface area contributed by atoms with E-state index in [0.29, 0.717) is 18.5 Å². The molecule has 1 heterocycles. The Labute approximate surface area is 135 Å². The van der Waals surface area contributed by atoms with Gasteiger partial charge in [-0.25, -0.2) is 4.79 Å². The lowest BCUT2D eigenvalue weighted by atomic mass is 10.0. The lowest BCUT2D eigenvalue weighted by Crippen LogP contribution is -2.50. The van der Waals surface area contributed by atoms with Crippen LogP contribution < -0.4 is 10.2 Å². The Morgan fingerprint density at radius 1 is 1.26 bits per heavy atom. The van der Waals surface area contributed by atoms with Crippen molar-refractivity contribution in [3.8, 4) is 0 Å². The molecule has 1 aromatic carbocycles. The topological polar surface area (TPSA) is 75.7 Å². The minimum Gasteiger partial charge on any atom is -0.465 e. The fourth-order valence-electron chi connectivity index (χ4n) is 2.78. The van der Waals surface area contributed by atoms with Crippen LogP contribution >= 0.6 is 0 Å². The molecule has 2 rings (SSSR count). The minimum atomic E-state index is -0.557. The van der Waals surface area contributed by atoms with E-state index in [1.54, 1.807) is 23.1 Å². The number of benzene rings is 1. The van der Waals surface area contributed by atoms with Gasteiger partial charge in [-0.2, -0.15) is 0 Å². The Morgan fingerprint density at radius 2 is 1.96 bits per heavy atom. The smallest absolute Gasteiger partial charge is 0.337 e. The maximum absolute atomic E-state index is 12.8. The molecular formula is C17H22N2O4. The van der Waals surface area contributed by atoms with Gasteiger partial charge in [0.2, 0.25) is 11.8 Å². The Kier molecular flexibility index (Phi) is 5.03. The summed E-state index contributed by atoms with van der Waals surface area (Å²) in [5.74, 6) is -0.752. The molecule has 0 bridgehead atoms. The van der Waals surface area contributed by atoms with Crippen molar-refractivity contribution in [2.24, 2.45) is 5.92 Å². The number of nitrogens with one attached hydrogen (secondary N) is 1. The number of amides is 2. The van der Waals surface area contributed by atoms with Crippen LogP contribution in [0.25, 0.3) is 0 Å². The zero-order valence-corrected chi connectivity index (χ0v) is 13.9. The van der Waals surface area contributed by atoms with Crippen LogP contribution in [0.15, 0.2) is 18.2 Å². The van der Waals surface area contributed by atoms with Gasteiger partial charge in [0.05, 0.1) is 12.7 Å². The molecule has 1 aromatic rings. The molecule has 6 heteroatoms. The van der Waals surface area contributed by atoms with Gasteiger partial charge in [0.25, 0.3) is 0 Å². The van der Waals surface area contributed by atoms with E-state index < -0.39 is 12.0 Å². The summed E-state index contributed by atoms with van der Waals surface area (Å²) in [5, 5.41) is 2.72. The van der Waals surface area contributed by atoms with E-state index in [1.807, 2.05) is 13.8 Å². The Morgan fingerprint density at radius 3 is 2.52 bits per heavy atom. The molecule has 1 unspecified atom stereocenters. The molecule has 0 spiro atoms. The fourth-order valence-corrected chi connectivity index (χ4v) is 2.78. The van der Waals surface area contributed by atoms with Crippen LogP contribution in [0.2, 0.25) is 0 Å². The van der Waals surface area contributed by atoms with Gasteiger partial charge in [0.15, 0.2) is 0 Å². The van der Waals surface area contributed by atoms with Gasteiger partial charge in [-0.1, -0.05) is 13.8 Å². The SMILES string of the molecule is COC(=O)c1ccc2c(c1)CCN2C(=O)C(NC(C)=O)C(C)C. The van der Waals surface area contributed by atoms with Gasteiger partial charge >= 0.3 is 5.97 Å². The average molecular weight is 318 g/mol. The molecule has 124 valence electrons. The summed E-state index contributed by atoms with van der Waals surface area (Å²) in [4.78, 5) is 37.4. The van der Waals surface area contributed by atoms with E-state index in [4.69, 9.17) is 4.74 Å². The third-order valence-electron chi connectivity index (χ3n) is 3.95. The van der Waals surface area contributed by atoms with Crippen molar-refractivity contribution in [1.29, 1.82) is 0 Å². The molecule has 0 radical (unpaired) electrons. The highest BCUT2D eigenvalue weighted by molar-refractivity contribution is 6.01. The highest BCUT2D eigenvalue weighted by Crippen LogP contribution is 2.30. The number of nitrogens with zero attached hydrogens (tertiary/aromatic N) is 1. The molecule has 1 atom stereocenters. The van der Waals surface area contributed by atoms with Crippen LogP contribution in [0.3, 0.4) is 0 Å². The van der Waals surface area contributed by atoms with Gasteiger partial charge in [-0.05, 0) is 36.1 Å². The van der Waals surface area contributed by atoms with Gasteiger partial charge in [-0.3, -0.25) is 9.59 Å².